The van der Waals surface area contributed by atoms with Gasteiger partial charge in [0, 0.05) is 20.0 Å². The lowest BCUT2D eigenvalue weighted by molar-refractivity contribution is -0.169. The number of aliphatic hydroxyl groups is 4. The number of carbonyl (C=O) groups excluding carboxylic acids is 2. The van der Waals surface area contributed by atoms with Crippen molar-refractivity contribution >= 4 is 36.1 Å². The molecule has 4 atom stereocenters. The Morgan fingerprint density at radius 3 is 1.46 bits per heavy atom. The summed E-state index contributed by atoms with van der Waals surface area (Å²) in [7, 11) is 0. The summed E-state index contributed by atoms with van der Waals surface area (Å²) < 4.78 is 4.68. The van der Waals surface area contributed by atoms with Crippen LogP contribution in [0.1, 0.15) is 6.92 Å². The summed E-state index contributed by atoms with van der Waals surface area (Å²) in [5, 5.41) is 71.4. The molecule has 0 aromatic rings. The summed E-state index contributed by atoms with van der Waals surface area (Å²) in [6.45, 7) is -3.13. The summed E-state index contributed by atoms with van der Waals surface area (Å²) in [5.74, 6) is -6.05. The van der Waals surface area contributed by atoms with Crippen molar-refractivity contribution in [3.8, 4) is 0 Å². The van der Waals surface area contributed by atoms with E-state index in [9.17, 15) is 39.3 Å². The zero-order valence-corrected chi connectivity index (χ0v) is 18.7. The summed E-state index contributed by atoms with van der Waals surface area (Å²) >= 11 is 0. The van der Waals surface area contributed by atoms with Gasteiger partial charge in [-0.25, -0.2) is 0 Å². The van der Waals surface area contributed by atoms with E-state index in [-0.39, 0.29) is 19.4 Å². The molecule has 35 heavy (non-hydrogen) atoms. The zero-order valence-electron chi connectivity index (χ0n) is 18.7. The molecule has 0 saturated heterocycles. The van der Waals surface area contributed by atoms with Crippen LogP contribution in [0, 0.1) is 0 Å². The third-order valence-corrected chi connectivity index (χ3v) is 3.83. The number of hydrogen-bond acceptors (Lipinski definition) is 13. The Bertz CT molecular complexity index is 696. The van der Waals surface area contributed by atoms with E-state index in [1.165, 1.54) is 0 Å². The van der Waals surface area contributed by atoms with Crippen LogP contribution in [-0.4, -0.2) is 157 Å². The topological polar surface area (TPSA) is 280 Å². The van der Waals surface area contributed by atoms with Crippen LogP contribution in [0.25, 0.3) is 0 Å². The average Bonchev–Trinajstić information content (AvgIpc) is 2.72. The van der Waals surface area contributed by atoms with Crippen LogP contribution >= 0.6 is 0 Å². The zero-order chi connectivity index (χ0) is 27.7. The Labute approximate surface area is 198 Å². The van der Waals surface area contributed by atoms with Crippen molar-refractivity contribution in [1.29, 1.82) is 0 Å². The molecule has 17 nitrogen and oxygen atoms in total. The first-order chi connectivity index (χ1) is 16.1. The first-order valence-corrected chi connectivity index (χ1v) is 9.73. The van der Waals surface area contributed by atoms with Gasteiger partial charge in [-0.05, 0) is 0 Å². The largest absolute Gasteiger partial charge is 0.481 e. The number of esters is 1. The van der Waals surface area contributed by atoms with Gasteiger partial charge in [-0.3, -0.25) is 38.6 Å². The molecule has 0 aliphatic rings. The number of carboxylic acids is 4. The Hall–Kier alpha value is -3.22. The van der Waals surface area contributed by atoms with Crippen molar-refractivity contribution in [2.75, 3.05) is 45.9 Å². The Kier molecular flexibility index (Phi) is 17.6. The highest BCUT2D eigenvalue weighted by Crippen LogP contribution is 2.08. The quantitative estimate of drug-likeness (QED) is 0.0666. The fraction of sp³-hybridized carbons (Fsp3) is 0.667. The molecule has 0 radical (unpaired) electrons. The highest BCUT2D eigenvalue weighted by atomic mass is 16.6. The molecular weight excluding hydrogens is 484 g/mol. The van der Waals surface area contributed by atoms with Crippen LogP contribution < -0.4 is 0 Å². The molecule has 0 amide bonds. The van der Waals surface area contributed by atoms with Gasteiger partial charge in [-0.1, -0.05) is 0 Å². The second-order valence-electron chi connectivity index (χ2n) is 6.94. The number of hydrogen-bond donors (Lipinski definition) is 8. The predicted molar refractivity (Wildman–Crippen MR) is 110 cm³/mol. The third kappa shape index (κ3) is 17.9. The molecule has 17 heteroatoms. The number of aliphatic carboxylic acids is 4. The average molecular weight is 514 g/mol. The van der Waals surface area contributed by atoms with Gasteiger partial charge in [0.15, 0.2) is 12.4 Å². The molecule has 0 heterocycles. The van der Waals surface area contributed by atoms with Crippen molar-refractivity contribution in [2.45, 2.75) is 31.3 Å². The van der Waals surface area contributed by atoms with Gasteiger partial charge in [-0.2, -0.15) is 0 Å². The summed E-state index contributed by atoms with van der Waals surface area (Å²) in [5.41, 5.74) is 0. The maximum absolute atomic E-state index is 12.0. The van der Waals surface area contributed by atoms with E-state index >= 15 is 0 Å². The standard InChI is InChI=1S/C16H26N2O13.C2H4O2/c19-7-9(21)15(29)16(30)10(8-20)31-14(28)6-18(5-13(26)27)2-1-17(3-11(22)23)4-12(24)25;1-2(3)4/h8-10,15-16,19,21,29-30H,1-7H2,(H,22,23)(H,24,25)(H,26,27);1H3,(H,3,4)/t9-,10+,15-,16-;/m1./s1. The number of nitrogens with zero attached hydrogens (tertiary/aromatic N) is 2. The molecule has 0 saturated carbocycles. The molecule has 8 N–H and O–H groups in total. The lowest BCUT2D eigenvalue weighted by Crippen LogP contribution is -2.49. The highest BCUT2D eigenvalue weighted by Gasteiger charge is 2.34. The Morgan fingerprint density at radius 2 is 1.14 bits per heavy atom. The van der Waals surface area contributed by atoms with Crippen LogP contribution in [0.5, 0.6) is 0 Å². The van der Waals surface area contributed by atoms with Crippen molar-refractivity contribution in [2.24, 2.45) is 0 Å². The third-order valence-electron chi connectivity index (χ3n) is 3.83. The molecular formula is C18H30N2O15. The maximum atomic E-state index is 12.0. The van der Waals surface area contributed by atoms with Gasteiger partial charge in [-0.15, -0.1) is 0 Å². The predicted octanol–water partition coefficient (Wildman–Crippen LogP) is -4.88. The number of ether oxygens (including phenoxy) is 1. The van der Waals surface area contributed by atoms with Crippen molar-refractivity contribution < 1.29 is 74.4 Å². The van der Waals surface area contributed by atoms with E-state index in [2.05, 4.69) is 4.74 Å². The van der Waals surface area contributed by atoms with Gasteiger partial charge in [0.05, 0.1) is 32.8 Å². The molecule has 0 rings (SSSR count). The van der Waals surface area contributed by atoms with E-state index in [0.29, 0.717) is 0 Å². The first kappa shape index (κ1) is 34.0. The second-order valence-corrected chi connectivity index (χ2v) is 6.94. The molecule has 0 fully saturated rings. The van der Waals surface area contributed by atoms with Gasteiger partial charge < -0.3 is 45.6 Å². The van der Waals surface area contributed by atoms with E-state index < -0.39 is 87.0 Å². The molecule has 0 unspecified atom stereocenters. The van der Waals surface area contributed by atoms with Gasteiger partial charge in [0.25, 0.3) is 5.97 Å². The lowest BCUT2D eigenvalue weighted by Gasteiger charge is -2.27. The number of aldehydes is 1. The monoisotopic (exact) mass is 514 g/mol. The van der Waals surface area contributed by atoms with E-state index in [0.717, 1.165) is 16.7 Å². The molecule has 0 aliphatic carbocycles. The number of aliphatic hydroxyl groups excluding tert-OH is 4. The molecule has 0 bridgehead atoms. The maximum Gasteiger partial charge on any atom is 0.320 e. The minimum absolute atomic E-state index is 0.0428. The minimum Gasteiger partial charge on any atom is -0.481 e. The fourth-order valence-electron chi connectivity index (χ4n) is 2.36. The Morgan fingerprint density at radius 1 is 0.771 bits per heavy atom. The fourth-order valence-corrected chi connectivity index (χ4v) is 2.36. The van der Waals surface area contributed by atoms with E-state index in [1.807, 2.05) is 0 Å². The molecule has 0 aromatic carbocycles. The van der Waals surface area contributed by atoms with Crippen LogP contribution in [0.15, 0.2) is 0 Å². The number of rotatable bonds is 17. The van der Waals surface area contributed by atoms with Crippen molar-refractivity contribution in [3.05, 3.63) is 0 Å². The SMILES string of the molecule is CC(=O)O.O=C[C@H](OC(=O)CN(CCN(CC(=O)O)CC(=O)O)CC(=O)O)[C@@H](O)[C@H](O)[C@H](O)CO. The van der Waals surface area contributed by atoms with Gasteiger partial charge in [0.1, 0.15) is 18.3 Å². The summed E-state index contributed by atoms with van der Waals surface area (Å²) in [4.78, 5) is 66.7. The van der Waals surface area contributed by atoms with Gasteiger partial charge in [0.2, 0.25) is 0 Å². The molecule has 0 spiro atoms. The molecule has 0 aromatic heterocycles. The summed E-state index contributed by atoms with van der Waals surface area (Å²) in [6, 6.07) is 0. The second kappa shape index (κ2) is 18.2. The molecule has 202 valence electrons. The number of carboxylic acid groups (broad SMARTS) is 4. The summed E-state index contributed by atoms with van der Waals surface area (Å²) in [6.07, 6.45) is -7.92. The van der Waals surface area contributed by atoms with Gasteiger partial charge >= 0.3 is 23.9 Å². The minimum atomic E-state index is -2.09. The molecule has 0 aliphatic heterocycles. The Balaban J connectivity index is 0. The van der Waals surface area contributed by atoms with Crippen molar-refractivity contribution in [3.63, 3.8) is 0 Å². The highest BCUT2D eigenvalue weighted by molar-refractivity contribution is 5.76. The van der Waals surface area contributed by atoms with Crippen LogP contribution in [0.3, 0.4) is 0 Å². The van der Waals surface area contributed by atoms with E-state index in [4.69, 9.17) is 30.3 Å². The van der Waals surface area contributed by atoms with E-state index in [1.54, 1.807) is 0 Å². The van der Waals surface area contributed by atoms with Crippen LogP contribution in [0.4, 0.5) is 0 Å². The smallest absolute Gasteiger partial charge is 0.320 e. The van der Waals surface area contributed by atoms with Crippen LogP contribution in [0.2, 0.25) is 0 Å². The van der Waals surface area contributed by atoms with Crippen LogP contribution in [-0.2, 0) is 33.5 Å². The normalized spacial score (nSPS) is 14.1. The number of carbonyl (C=O) groups is 6. The van der Waals surface area contributed by atoms with Crippen molar-refractivity contribution in [1.82, 2.24) is 9.80 Å². The lowest BCUT2D eigenvalue weighted by atomic mass is 10.0. The first-order valence-electron chi connectivity index (χ1n) is 9.73.